The average Bonchev–Trinajstić information content (AvgIpc) is 2.62. The number of carbonyl (C=O) groups is 1. The van der Waals surface area contributed by atoms with Crippen molar-refractivity contribution in [1.29, 1.82) is 5.41 Å². The second kappa shape index (κ2) is 6.54. The lowest BCUT2D eigenvalue weighted by molar-refractivity contribution is 0.106. The molecule has 22 heavy (non-hydrogen) atoms. The van der Waals surface area contributed by atoms with Gasteiger partial charge in [0, 0.05) is 29.9 Å². The lowest BCUT2D eigenvalue weighted by Crippen LogP contribution is -2.36. The number of ether oxygens (including phenoxy) is 1. The van der Waals surface area contributed by atoms with Crippen molar-refractivity contribution in [3.63, 3.8) is 0 Å². The summed E-state index contributed by atoms with van der Waals surface area (Å²) in [7, 11) is 0. The van der Waals surface area contributed by atoms with E-state index in [4.69, 9.17) is 10.1 Å². The Bertz CT molecular complexity index is 659. The maximum Gasteiger partial charge on any atom is 0.211 e. The van der Waals surface area contributed by atoms with Gasteiger partial charge >= 0.3 is 0 Å². The van der Waals surface area contributed by atoms with Crippen LogP contribution in [0.2, 0.25) is 0 Å². The molecule has 1 N–H and O–H groups in total. The minimum atomic E-state index is -0.250. The normalized spacial score (nSPS) is 14.6. The predicted molar refractivity (Wildman–Crippen MR) is 87.1 cm³/mol. The van der Waals surface area contributed by atoms with Crippen molar-refractivity contribution in [2.75, 3.05) is 31.2 Å². The third-order valence-corrected chi connectivity index (χ3v) is 3.80. The number of nitrogens with zero attached hydrogens (tertiary/aromatic N) is 1. The smallest absolute Gasteiger partial charge is 0.211 e. The fraction of sp³-hybridized carbons (Fsp3) is 0.222. The molecule has 2 aromatic rings. The number of benzene rings is 2. The molecule has 0 unspecified atom stereocenters. The van der Waals surface area contributed by atoms with Gasteiger partial charge in [0.1, 0.15) is 5.71 Å². The molecule has 0 saturated carbocycles. The van der Waals surface area contributed by atoms with Gasteiger partial charge in [-0.1, -0.05) is 30.3 Å². The Labute approximate surface area is 129 Å². The monoisotopic (exact) mass is 294 g/mol. The van der Waals surface area contributed by atoms with E-state index in [2.05, 4.69) is 4.90 Å². The molecule has 0 bridgehead atoms. The molecule has 2 aromatic carbocycles. The van der Waals surface area contributed by atoms with Gasteiger partial charge in [0.05, 0.1) is 13.2 Å². The molecule has 0 atom stereocenters. The van der Waals surface area contributed by atoms with Crippen molar-refractivity contribution < 1.29 is 9.53 Å². The number of morpholine rings is 1. The summed E-state index contributed by atoms with van der Waals surface area (Å²) in [6.45, 7) is 3.21. The molecule has 112 valence electrons. The molecule has 0 aliphatic carbocycles. The molecule has 1 aliphatic heterocycles. The SMILES string of the molecule is N=C(C(=O)c1ccc(N2CCOCC2)cc1)c1ccccc1. The fourth-order valence-corrected chi connectivity index (χ4v) is 2.53. The van der Waals surface area contributed by atoms with Crippen LogP contribution in [0.4, 0.5) is 5.69 Å². The lowest BCUT2D eigenvalue weighted by Gasteiger charge is -2.28. The highest BCUT2D eigenvalue weighted by Gasteiger charge is 2.15. The van der Waals surface area contributed by atoms with E-state index in [0.29, 0.717) is 11.1 Å². The molecule has 4 heteroatoms. The van der Waals surface area contributed by atoms with Gasteiger partial charge in [0.2, 0.25) is 5.78 Å². The van der Waals surface area contributed by atoms with Gasteiger partial charge in [-0.25, -0.2) is 0 Å². The van der Waals surface area contributed by atoms with Crippen LogP contribution < -0.4 is 4.90 Å². The van der Waals surface area contributed by atoms with Crippen LogP contribution in [0.3, 0.4) is 0 Å². The molecule has 1 heterocycles. The fourth-order valence-electron chi connectivity index (χ4n) is 2.53. The first-order valence-electron chi connectivity index (χ1n) is 7.37. The van der Waals surface area contributed by atoms with E-state index in [-0.39, 0.29) is 11.5 Å². The summed E-state index contributed by atoms with van der Waals surface area (Å²) in [5.41, 5.74) is 2.31. The second-order valence-corrected chi connectivity index (χ2v) is 5.22. The van der Waals surface area contributed by atoms with Crippen LogP contribution in [-0.2, 0) is 4.74 Å². The third kappa shape index (κ3) is 3.07. The summed E-state index contributed by atoms with van der Waals surface area (Å²) >= 11 is 0. The van der Waals surface area contributed by atoms with Crippen LogP contribution in [0, 0.1) is 5.41 Å². The quantitative estimate of drug-likeness (QED) is 0.697. The number of nitrogens with one attached hydrogen (secondary N) is 1. The van der Waals surface area contributed by atoms with Gasteiger partial charge in [-0.2, -0.15) is 0 Å². The number of Topliss-reactive ketones (excluding diaryl/α,β-unsaturated/α-hetero) is 1. The zero-order valence-corrected chi connectivity index (χ0v) is 12.3. The van der Waals surface area contributed by atoms with Crippen molar-refractivity contribution in [3.8, 4) is 0 Å². The first-order valence-corrected chi connectivity index (χ1v) is 7.37. The summed E-state index contributed by atoms with van der Waals surface area (Å²) in [5.74, 6) is -0.250. The number of rotatable bonds is 4. The molecular formula is C18H18N2O2. The molecule has 1 fully saturated rings. The van der Waals surface area contributed by atoms with Crippen LogP contribution in [0.25, 0.3) is 0 Å². The van der Waals surface area contributed by atoms with Gasteiger partial charge in [0.15, 0.2) is 0 Å². The van der Waals surface area contributed by atoms with Crippen molar-refractivity contribution >= 4 is 17.2 Å². The molecule has 0 amide bonds. The van der Waals surface area contributed by atoms with E-state index in [1.807, 2.05) is 30.3 Å². The summed E-state index contributed by atoms with van der Waals surface area (Å²) in [5, 5.41) is 8.05. The molecule has 1 aliphatic rings. The summed E-state index contributed by atoms with van der Waals surface area (Å²) in [6, 6.07) is 16.6. The number of anilines is 1. The number of ketones is 1. The largest absolute Gasteiger partial charge is 0.378 e. The predicted octanol–water partition coefficient (Wildman–Crippen LogP) is 2.77. The van der Waals surface area contributed by atoms with Crippen molar-refractivity contribution in [2.24, 2.45) is 0 Å². The Kier molecular flexibility index (Phi) is 4.30. The topological polar surface area (TPSA) is 53.4 Å². The van der Waals surface area contributed by atoms with Crippen LogP contribution in [0.5, 0.6) is 0 Å². The van der Waals surface area contributed by atoms with Crippen LogP contribution in [-0.4, -0.2) is 37.8 Å². The summed E-state index contributed by atoms with van der Waals surface area (Å²) in [4.78, 5) is 14.6. The molecular weight excluding hydrogens is 276 g/mol. The van der Waals surface area contributed by atoms with E-state index in [1.54, 1.807) is 24.3 Å². The minimum absolute atomic E-state index is 0.0275. The van der Waals surface area contributed by atoms with Gasteiger partial charge in [0.25, 0.3) is 0 Å². The Morgan fingerprint density at radius 3 is 2.18 bits per heavy atom. The van der Waals surface area contributed by atoms with Crippen LogP contribution in [0.15, 0.2) is 54.6 Å². The van der Waals surface area contributed by atoms with Gasteiger partial charge in [-0.3, -0.25) is 10.2 Å². The molecule has 0 radical (unpaired) electrons. The number of hydrogen-bond donors (Lipinski definition) is 1. The maximum absolute atomic E-state index is 12.4. The third-order valence-electron chi connectivity index (χ3n) is 3.80. The van der Waals surface area contributed by atoms with E-state index < -0.39 is 0 Å². The summed E-state index contributed by atoms with van der Waals surface area (Å²) in [6.07, 6.45) is 0. The van der Waals surface area contributed by atoms with Crippen LogP contribution >= 0.6 is 0 Å². The number of hydrogen-bond acceptors (Lipinski definition) is 4. The van der Waals surface area contributed by atoms with Crippen LogP contribution in [0.1, 0.15) is 15.9 Å². The molecule has 4 nitrogen and oxygen atoms in total. The molecule has 3 rings (SSSR count). The molecule has 1 saturated heterocycles. The lowest BCUT2D eigenvalue weighted by atomic mass is 10.0. The highest BCUT2D eigenvalue weighted by molar-refractivity contribution is 6.50. The van der Waals surface area contributed by atoms with Gasteiger partial charge in [-0.15, -0.1) is 0 Å². The second-order valence-electron chi connectivity index (χ2n) is 5.22. The maximum atomic E-state index is 12.4. The Morgan fingerprint density at radius 1 is 0.909 bits per heavy atom. The molecule has 0 aromatic heterocycles. The first kappa shape index (κ1) is 14.5. The number of carbonyl (C=O) groups excluding carboxylic acids is 1. The van der Waals surface area contributed by atoms with Crippen molar-refractivity contribution in [2.45, 2.75) is 0 Å². The standard InChI is InChI=1S/C18H18N2O2/c19-17(14-4-2-1-3-5-14)18(21)15-6-8-16(9-7-15)20-10-12-22-13-11-20/h1-9,19H,10-13H2. The minimum Gasteiger partial charge on any atom is -0.378 e. The Morgan fingerprint density at radius 2 is 1.55 bits per heavy atom. The zero-order chi connectivity index (χ0) is 15.4. The van der Waals surface area contributed by atoms with Gasteiger partial charge in [-0.05, 0) is 24.3 Å². The zero-order valence-electron chi connectivity index (χ0n) is 12.3. The van der Waals surface area contributed by atoms with E-state index in [1.165, 1.54) is 0 Å². The first-order chi connectivity index (χ1) is 10.8. The summed E-state index contributed by atoms with van der Waals surface area (Å²) < 4.78 is 5.34. The Balaban J connectivity index is 1.75. The van der Waals surface area contributed by atoms with E-state index in [0.717, 1.165) is 32.0 Å². The van der Waals surface area contributed by atoms with E-state index >= 15 is 0 Å². The van der Waals surface area contributed by atoms with Gasteiger partial charge < -0.3 is 9.64 Å². The highest BCUT2D eigenvalue weighted by Crippen LogP contribution is 2.17. The highest BCUT2D eigenvalue weighted by atomic mass is 16.5. The Hall–Kier alpha value is -2.46. The molecule has 0 spiro atoms. The average molecular weight is 294 g/mol. The van der Waals surface area contributed by atoms with Crippen molar-refractivity contribution in [3.05, 3.63) is 65.7 Å². The van der Waals surface area contributed by atoms with Crippen molar-refractivity contribution in [1.82, 2.24) is 0 Å². The van der Waals surface area contributed by atoms with E-state index in [9.17, 15) is 4.79 Å².